The van der Waals surface area contributed by atoms with E-state index in [0.717, 1.165) is 12.8 Å². The van der Waals surface area contributed by atoms with Gasteiger partial charge in [-0.2, -0.15) is 8.42 Å². The number of carbonyl (C=O) groups is 2. The van der Waals surface area contributed by atoms with Gasteiger partial charge in [0.05, 0.1) is 17.9 Å². The molecule has 0 heterocycles. The average Bonchev–Trinajstić information content (AvgIpc) is 3.11. The maximum Gasteiger partial charge on any atom is 0.311 e. The fourth-order valence-corrected chi connectivity index (χ4v) is 5.69. The predicted octanol–water partition coefficient (Wildman–Crippen LogP) is 2.83. The summed E-state index contributed by atoms with van der Waals surface area (Å²) in [4.78, 5) is 24.7. The van der Waals surface area contributed by atoms with Gasteiger partial charge >= 0.3 is 11.9 Å². The van der Waals surface area contributed by atoms with Crippen molar-refractivity contribution in [3.05, 3.63) is 0 Å². The first kappa shape index (κ1) is 26.1. The van der Waals surface area contributed by atoms with Crippen LogP contribution in [0.4, 0.5) is 0 Å². The Labute approximate surface area is 185 Å². The molecule has 180 valence electrons. The van der Waals surface area contributed by atoms with E-state index >= 15 is 0 Å². The van der Waals surface area contributed by atoms with Gasteiger partial charge in [-0.1, -0.05) is 6.92 Å². The van der Waals surface area contributed by atoms with Gasteiger partial charge in [-0.25, -0.2) is 0 Å². The molecule has 2 rings (SSSR count). The van der Waals surface area contributed by atoms with Crippen LogP contribution in [-0.4, -0.2) is 54.1 Å². The van der Waals surface area contributed by atoms with Gasteiger partial charge < -0.3 is 14.6 Å². The van der Waals surface area contributed by atoms with Crippen molar-refractivity contribution in [2.45, 2.75) is 78.9 Å². The van der Waals surface area contributed by atoms with Crippen molar-refractivity contribution in [2.75, 3.05) is 12.4 Å². The number of ether oxygens (including phenoxy) is 2. The first-order valence-corrected chi connectivity index (χ1v) is 12.6. The summed E-state index contributed by atoms with van der Waals surface area (Å²) >= 11 is 0. The quantitative estimate of drug-likeness (QED) is 0.395. The predicted molar refractivity (Wildman–Crippen MR) is 115 cm³/mol. The molecule has 31 heavy (non-hydrogen) atoms. The van der Waals surface area contributed by atoms with E-state index in [-0.39, 0.29) is 30.8 Å². The molecular formula is C22H38O8S. The topological polar surface area (TPSA) is 127 Å². The molecule has 0 radical (unpaired) electrons. The molecule has 0 saturated heterocycles. The van der Waals surface area contributed by atoms with Crippen LogP contribution in [0.3, 0.4) is 0 Å². The van der Waals surface area contributed by atoms with E-state index in [0.29, 0.717) is 18.3 Å². The highest BCUT2D eigenvalue weighted by Gasteiger charge is 2.54. The van der Waals surface area contributed by atoms with Crippen LogP contribution in [-0.2, 0) is 29.2 Å². The number of rotatable bonds is 9. The van der Waals surface area contributed by atoms with Gasteiger partial charge in [-0.3, -0.25) is 14.1 Å². The van der Waals surface area contributed by atoms with E-state index in [1.54, 1.807) is 34.6 Å². The number of hydrogen-bond donors (Lipinski definition) is 2. The summed E-state index contributed by atoms with van der Waals surface area (Å²) in [5.41, 5.74) is -1.43. The maximum absolute atomic E-state index is 12.5. The lowest BCUT2D eigenvalue weighted by molar-refractivity contribution is -0.158. The molecule has 9 heteroatoms. The summed E-state index contributed by atoms with van der Waals surface area (Å²) in [5.74, 6) is -0.307. The van der Waals surface area contributed by atoms with Crippen LogP contribution in [0, 0.1) is 35.0 Å². The van der Waals surface area contributed by atoms with Crippen molar-refractivity contribution in [1.82, 2.24) is 0 Å². The van der Waals surface area contributed by atoms with Gasteiger partial charge in [0.15, 0.2) is 0 Å². The Kier molecular flexibility index (Phi) is 7.86. The third-order valence-corrected chi connectivity index (χ3v) is 7.51. The van der Waals surface area contributed by atoms with Crippen molar-refractivity contribution >= 4 is 22.1 Å². The van der Waals surface area contributed by atoms with Gasteiger partial charge in [0.1, 0.15) is 18.0 Å². The highest BCUT2D eigenvalue weighted by Crippen LogP contribution is 2.59. The van der Waals surface area contributed by atoms with Crippen LogP contribution in [0.2, 0.25) is 0 Å². The minimum atomic E-state index is -4.18. The van der Waals surface area contributed by atoms with Crippen molar-refractivity contribution in [2.24, 2.45) is 35.0 Å². The summed E-state index contributed by atoms with van der Waals surface area (Å²) in [6.07, 6.45) is 1.58. The fourth-order valence-electron chi connectivity index (χ4n) is 5.40. The zero-order valence-corrected chi connectivity index (χ0v) is 20.3. The molecule has 8 nitrogen and oxygen atoms in total. The lowest BCUT2D eigenvalue weighted by Crippen LogP contribution is -2.39. The van der Waals surface area contributed by atoms with E-state index in [1.165, 1.54) is 0 Å². The number of hydrogen-bond acceptors (Lipinski definition) is 7. The third kappa shape index (κ3) is 7.15. The van der Waals surface area contributed by atoms with Crippen LogP contribution in [0.25, 0.3) is 0 Å². The molecule has 0 aromatic carbocycles. The Morgan fingerprint density at radius 1 is 1.13 bits per heavy atom. The molecule has 0 aromatic rings. The van der Waals surface area contributed by atoms with Gasteiger partial charge in [0, 0.05) is 0 Å². The molecule has 2 aliphatic rings. The molecule has 0 aliphatic heterocycles. The molecule has 2 saturated carbocycles. The summed E-state index contributed by atoms with van der Waals surface area (Å²) in [6, 6.07) is 0. The molecule has 2 fully saturated rings. The van der Waals surface area contributed by atoms with E-state index in [9.17, 15) is 23.1 Å². The molecule has 0 amide bonds. The van der Waals surface area contributed by atoms with Gasteiger partial charge in [0.25, 0.3) is 10.1 Å². The Balaban J connectivity index is 1.98. The number of esters is 2. The van der Waals surface area contributed by atoms with E-state index in [4.69, 9.17) is 14.0 Å². The zero-order valence-electron chi connectivity index (χ0n) is 19.5. The van der Waals surface area contributed by atoms with E-state index < -0.39 is 44.9 Å². The smallest absolute Gasteiger partial charge is 0.311 e. The highest BCUT2D eigenvalue weighted by atomic mass is 32.2. The number of aliphatic hydroxyl groups is 1. The minimum absolute atomic E-state index is 0.00919. The first-order valence-electron chi connectivity index (χ1n) is 11.0. The average molecular weight is 463 g/mol. The Bertz CT molecular complexity index is 767. The number of aliphatic hydroxyl groups excluding tert-OH is 1. The molecule has 2 bridgehead atoms. The van der Waals surface area contributed by atoms with Gasteiger partial charge in [-0.05, 0) is 83.5 Å². The molecule has 0 spiro atoms. The molecule has 2 N–H and O–H groups in total. The second kappa shape index (κ2) is 9.35. The second-order valence-electron chi connectivity index (χ2n) is 11.0. The number of carbonyl (C=O) groups excluding carboxylic acids is 2. The van der Waals surface area contributed by atoms with Crippen LogP contribution in [0.1, 0.15) is 67.2 Å². The lowest BCUT2D eigenvalue weighted by atomic mass is 9.67. The molecule has 6 unspecified atom stereocenters. The van der Waals surface area contributed by atoms with Crippen molar-refractivity contribution in [3.8, 4) is 0 Å². The maximum atomic E-state index is 12.5. The van der Waals surface area contributed by atoms with E-state index in [1.807, 2.05) is 0 Å². The Morgan fingerprint density at radius 2 is 1.74 bits per heavy atom. The summed E-state index contributed by atoms with van der Waals surface area (Å²) in [5, 5.41) is 10.8. The molecule has 0 aromatic heterocycles. The Hall–Kier alpha value is -1.19. The summed E-state index contributed by atoms with van der Waals surface area (Å²) in [6.45, 7) is 10.7. The normalized spacial score (nSPS) is 29.6. The zero-order chi connectivity index (χ0) is 23.8. The minimum Gasteiger partial charge on any atom is -0.464 e. The molecule has 2 aliphatic carbocycles. The summed E-state index contributed by atoms with van der Waals surface area (Å²) < 4.78 is 40.9. The highest BCUT2D eigenvalue weighted by molar-refractivity contribution is 7.85. The SMILES string of the molecule is CC1C2CC(C(O)CC(=O)OC(C)(C)C)C(C2)C1CC(C)(C)C(=O)OCCS(=O)(=O)O. The molecule has 6 atom stereocenters. The van der Waals surface area contributed by atoms with Crippen molar-refractivity contribution in [1.29, 1.82) is 0 Å². The van der Waals surface area contributed by atoms with Gasteiger partial charge in [0.2, 0.25) is 0 Å². The summed E-state index contributed by atoms with van der Waals surface area (Å²) in [7, 11) is -4.18. The van der Waals surface area contributed by atoms with Crippen molar-refractivity contribution < 1.29 is 37.1 Å². The van der Waals surface area contributed by atoms with Crippen LogP contribution in [0.5, 0.6) is 0 Å². The van der Waals surface area contributed by atoms with Crippen LogP contribution < -0.4 is 0 Å². The van der Waals surface area contributed by atoms with Crippen molar-refractivity contribution in [3.63, 3.8) is 0 Å². The molecular weight excluding hydrogens is 424 g/mol. The Morgan fingerprint density at radius 3 is 2.26 bits per heavy atom. The third-order valence-electron chi connectivity index (χ3n) is 6.83. The monoisotopic (exact) mass is 462 g/mol. The lowest BCUT2D eigenvalue weighted by Gasteiger charge is -2.39. The van der Waals surface area contributed by atoms with Gasteiger partial charge in [-0.15, -0.1) is 0 Å². The number of fused-ring (bicyclic) bond motifs is 2. The van der Waals surface area contributed by atoms with Crippen LogP contribution in [0.15, 0.2) is 0 Å². The second-order valence-corrected chi connectivity index (χ2v) is 12.5. The largest absolute Gasteiger partial charge is 0.464 e. The first-order chi connectivity index (χ1) is 14.0. The standard InChI is InChI=1S/C22H38O8S/c1-13-14-9-15(16(10-14)18(23)11-19(24)30-21(2,3)4)17(13)12-22(5,6)20(25)29-7-8-31(26,27)28/h13-18,23H,7-12H2,1-6H3,(H,26,27,28). The fraction of sp³-hybridized carbons (Fsp3) is 0.909. The van der Waals surface area contributed by atoms with Crippen LogP contribution >= 0.6 is 0 Å². The van der Waals surface area contributed by atoms with E-state index in [2.05, 4.69) is 6.92 Å².